The van der Waals surface area contributed by atoms with Gasteiger partial charge in [0.15, 0.2) is 5.78 Å². The van der Waals surface area contributed by atoms with Crippen LogP contribution in [0.2, 0.25) is 0 Å². The van der Waals surface area contributed by atoms with Gasteiger partial charge in [-0.2, -0.15) is 0 Å². The predicted octanol–water partition coefficient (Wildman–Crippen LogP) is 5.28. The zero-order chi connectivity index (χ0) is 26.3. The van der Waals surface area contributed by atoms with Crippen LogP contribution in [0.4, 0.5) is 4.79 Å². The highest BCUT2D eigenvalue weighted by molar-refractivity contribution is 5.94. The van der Waals surface area contributed by atoms with Gasteiger partial charge in [-0.1, -0.05) is 121 Å². The van der Waals surface area contributed by atoms with Gasteiger partial charge in [-0.15, -0.1) is 0 Å². The van der Waals surface area contributed by atoms with Gasteiger partial charge in [0.1, 0.15) is 6.10 Å². The van der Waals surface area contributed by atoms with Gasteiger partial charge in [-0.05, 0) is 28.7 Å². The van der Waals surface area contributed by atoms with Crippen molar-refractivity contribution in [1.29, 1.82) is 0 Å². The van der Waals surface area contributed by atoms with Crippen molar-refractivity contribution >= 4 is 11.8 Å². The summed E-state index contributed by atoms with van der Waals surface area (Å²) < 4.78 is 0. The number of urea groups is 1. The third-order valence-corrected chi connectivity index (χ3v) is 7.20. The molecule has 5 nitrogen and oxygen atoms in total. The van der Waals surface area contributed by atoms with E-state index >= 15 is 0 Å². The van der Waals surface area contributed by atoms with Gasteiger partial charge in [-0.25, -0.2) is 4.79 Å². The van der Waals surface area contributed by atoms with E-state index in [2.05, 4.69) is 0 Å². The first kappa shape index (κ1) is 25.4. The van der Waals surface area contributed by atoms with E-state index in [4.69, 9.17) is 0 Å². The maximum absolute atomic E-state index is 14.4. The molecule has 0 aliphatic carbocycles. The van der Waals surface area contributed by atoms with Crippen molar-refractivity contribution in [1.82, 2.24) is 9.80 Å². The Morgan fingerprint density at radius 2 is 0.921 bits per heavy atom. The highest BCUT2D eigenvalue weighted by Crippen LogP contribution is 2.28. The van der Waals surface area contributed by atoms with Gasteiger partial charge in [-0.3, -0.25) is 4.79 Å². The second-order valence-electron chi connectivity index (χ2n) is 9.82. The van der Waals surface area contributed by atoms with Crippen LogP contribution in [0.5, 0.6) is 0 Å². The van der Waals surface area contributed by atoms with Gasteiger partial charge >= 0.3 is 6.03 Å². The summed E-state index contributed by atoms with van der Waals surface area (Å²) in [4.78, 5) is 31.8. The Balaban J connectivity index is 1.58. The van der Waals surface area contributed by atoms with Crippen molar-refractivity contribution < 1.29 is 14.7 Å². The van der Waals surface area contributed by atoms with Crippen LogP contribution in [0.3, 0.4) is 0 Å². The molecule has 1 aliphatic heterocycles. The number of nitrogens with zero attached hydrogens (tertiary/aromatic N) is 2. The number of hydrogen-bond acceptors (Lipinski definition) is 3. The summed E-state index contributed by atoms with van der Waals surface area (Å²) in [7, 11) is 0. The van der Waals surface area contributed by atoms with E-state index in [1.54, 1.807) is 9.80 Å². The van der Waals surface area contributed by atoms with E-state index in [9.17, 15) is 14.7 Å². The molecule has 0 radical (unpaired) electrons. The lowest BCUT2D eigenvalue weighted by Crippen LogP contribution is -2.50. The summed E-state index contributed by atoms with van der Waals surface area (Å²) >= 11 is 0. The minimum atomic E-state index is -1.32. The topological polar surface area (TPSA) is 60.9 Å². The predicted molar refractivity (Wildman–Crippen MR) is 148 cm³/mol. The summed E-state index contributed by atoms with van der Waals surface area (Å²) in [6.45, 7) is 0.573. The number of aliphatic hydroxyl groups is 1. The number of carbonyl (C=O) groups is 2. The fourth-order valence-electron chi connectivity index (χ4n) is 5.20. The molecule has 0 bridgehead atoms. The minimum Gasteiger partial charge on any atom is -0.383 e. The normalized spacial score (nSPS) is 19.9. The summed E-state index contributed by atoms with van der Waals surface area (Å²) in [5.41, 5.74) is 3.79. The van der Waals surface area contributed by atoms with E-state index in [0.29, 0.717) is 19.4 Å². The third kappa shape index (κ3) is 5.84. The number of aliphatic hydroxyl groups excluding tert-OH is 1. The standard InChI is InChI=1S/C33H32N2O3/c36-31-29(21-25-13-5-1-6-14-25)34(23-27-17-9-3-10-18-27)33(38)35(24-28-19-11-4-12-20-28)30(32(31)37)22-26-15-7-2-8-16-26/h1-20,29-31,36H,21-24H2/t29-,30-,31+/m1/s1. The van der Waals surface area contributed by atoms with Crippen LogP contribution in [0.25, 0.3) is 0 Å². The number of hydrogen-bond donors (Lipinski definition) is 1. The van der Waals surface area contributed by atoms with Crippen molar-refractivity contribution in [2.24, 2.45) is 0 Å². The average molecular weight is 505 g/mol. The van der Waals surface area contributed by atoms with Crippen LogP contribution in [0.15, 0.2) is 121 Å². The highest BCUT2D eigenvalue weighted by Gasteiger charge is 2.46. The van der Waals surface area contributed by atoms with E-state index in [1.165, 1.54) is 0 Å². The SMILES string of the molecule is O=C1[C@@H](O)[C@@H](Cc2ccccc2)N(Cc2ccccc2)C(=O)N(Cc2ccccc2)[C@@H]1Cc1ccccc1. The largest absolute Gasteiger partial charge is 0.383 e. The van der Waals surface area contributed by atoms with Crippen LogP contribution >= 0.6 is 0 Å². The fourth-order valence-corrected chi connectivity index (χ4v) is 5.20. The lowest BCUT2D eigenvalue weighted by Gasteiger charge is -2.35. The number of rotatable bonds is 8. The Hall–Kier alpha value is -4.22. The maximum atomic E-state index is 14.4. The molecule has 0 saturated carbocycles. The molecule has 5 rings (SSSR count). The Kier molecular flexibility index (Phi) is 7.95. The quantitative estimate of drug-likeness (QED) is 0.355. The molecule has 5 heteroatoms. The Labute approximate surface area is 224 Å². The van der Waals surface area contributed by atoms with Gasteiger partial charge < -0.3 is 14.9 Å². The highest BCUT2D eigenvalue weighted by atomic mass is 16.3. The van der Waals surface area contributed by atoms with E-state index < -0.39 is 18.2 Å². The second kappa shape index (κ2) is 11.9. The number of ketones is 1. The lowest BCUT2D eigenvalue weighted by molar-refractivity contribution is -0.132. The molecule has 1 aliphatic rings. The first-order valence-electron chi connectivity index (χ1n) is 13.0. The summed E-state index contributed by atoms with van der Waals surface area (Å²) in [5.74, 6) is -0.324. The number of Topliss-reactive ketones (excluding diaryl/α,β-unsaturated/α-hetero) is 1. The number of carbonyl (C=O) groups excluding carboxylic acids is 2. The summed E-state index contributed by atoms with van der Waals surface area (Å²) in [6, 6.07) is 37.2. The molecular weight excluding hydrogens is 472 g/mol. The van der Waals surface area contributed by atoms with Gasteiger partial charge in [0.2, 0.25) is 0 Å². The van der Waals surface area contributed by atoms with Crippen LogP contribution in [-0.4, -0.2) is 44.9 Å². The molecule has 4 aromatic rings. The molecule has 1 heterocycles. The molecule has 1 fully saturated rings. The van der Waals surface area contributed by atoms with Crippen molar-refractivity contribution in [2.75, 3.05) is 0 Å². The van der Waals surface area contributed by atoms with Crippen molar-refractivity contribution in [3.63, 3.8) is 0 Å². The van der Waals surface area contributed by atoms with E-state index in [-0.39, 0.29) is 18.4 Å². The van der Waals surface area contributed by atoms with Crippen molar-refractivity contribution in [2.45, 2.75) is 44.1 Å². The average Bonchev–Trinajstić information content (AvgIpc) is 3.03. The van der Waals surface area contributed by atoms with Gasteiger partial charge in [0.05, 0.1) is 12.1 Å². The molecule has 0 unspecified atom stereocenters. The fraction of sp³-hybridized carbons (Fsp3) is 0.212. The van der Waals surface area contributed by atoms with Crippen LogP contribution in [0, 0.1) is 0 Å². The van der Waals surface area contributed by atoms with Crippen LogP contribution < -0.4 is 0 Å². The molecule has 4 aromatic carbocycles. The monoisotopic (exact) mass is 504 g/mol. The zero-order valence-electron chi connectivity index (χ0n) is 21.3. The van der Waals surface area contributed by atoms with E-state index in [1.807, 2.05) is 121 Å². The molecule has 192 valence electrons. The minimum absolute atomic E-state index is 0.246. The zero-order valence-corrected chi connectivity index (χ0v) is 21.3. The molecule has 2 amide bonds. The molecule has 0 aromatic heterocycles. The molecule has 3 atom stereocenters. The molecule has 1 saturated heterocycles. The smallest absolute Gasteiger partial charge is 0.321 e. The third-order valence-electron chi connectivity index (χ3n) is 7.20. The Morgan fingerprint density at radius 1 is 0.526 bits per heavy atom. The number of amides is 2. The van der Waals surface area contributed by atoms with Gasteiger partial charge in [0, 0.05) is 19.5 Å². The Morgan fingerprint density at radius 3 is 1.39 bits per heavy atom. The molecule has 0 spiro atoms. The summed E-state index contributed by atoms with van der Waals surface area (Å²) in [6.07, 6.45) is -0.604. The second-order valence-corrected chi connectivity index (χ2v) is 9.82. The molecular formula is C33H32N2O3. The van der Waals surface area contributed by atoms with Crippen LogP contribution in [-0.2, 0) is 30.7 Å². The molecule has 1 N–H and O–H groups in total. The van der Waals surface area contributed by atoms with Gasteiger partial charge in [0.25, 0.3) is 0 Å². The maximum Gasteiger partial charge on any atom is 0.321 e. The molecule has 38 heavy (non-hydrogen) atoms. The number of benzene rings is 4. The first-order valence-corrected chi connectivity index (χ1v) is 13.0. The lowest BCUT2D eigenvalue weighted by atomic mass is 9.92. The first-order chi connectivity index (χ1) is 18.6. The Bertz CT molecular complexity index is 1330. The van der Waals surface area contributed by atoms with Crippen molar-refractivity contribution in [3.05, 3.63) is 144 Å². The van der Waals surface area contributed by atoms with Crippen molar-refractivity contribution in [3.8, 4) is 0 Å². The summed E-state index contributed by atoms with van der Waals surface area (Å²) in [5, 5.41) is 11.6. The van der Waals surface area contributed by atoms with E-state index in [0.717, 1.165) is 22.3 Å². The van der Waals surface area contributed by atoms with Crippen LogP contribution in [0.1, 0.15) is 22.3 Å².